The predicted molar refractivity (Wildman–Crippen MR) is 256 cm³/mol. The minimum Gasteiger partial charge on any atom is -0.331 e. The first-order valence-corrected chi connectivity index (χ1v) is 29.3. The van der Waals surface area contributed by atoms with Crippen LogP contribution in [0.3, 0.4) is 0 Å². The molecule has 4 heteroatoms. The fraction of sp³-hybridized carbons (Fsp3) is 1.00. The zero-order chi connectivity index (χ0) is 39.1. The minimum absolute atomic E-state index is 0.0595. The van der Waals surface area contributed by atoms with Crippen molar-refractivity contribution in [2.45, 2.75) is 321 Å². The molecule has 0 aliphatic carbocycles. The predicted octanol–water partition coefficient (Wildman–Crippen LogP) is 20.6. The van der Waals surface area contributed by atoms with Gasteiger partial charge in [0.15, 0.2) is 0 Å². The van der Waals surface area contributed by atoms with Crippen LogP contribution in [-0.2, 0) is 4.52 Å². The van der Waals surface area contributed by atoms with Gasteiger partial charge in [-0.1, -0.05) is 296 Å². The lowest BCUT2D eigenvalue weighted by atomic mass is 9.73. The standard InChI is InChI=1S/C50H101OPS2/c1-5-9-13-17-21-25-29-33-37-41-45-49(46-42-38-34-30-26-22-18-14-10-6-2)50(54-52(53)51-49,47-43-39-35-31-27-23-19-15-11-7-3)48-44-40-36-32-28-24-20-16-12-8-4/h53H,5-48H2,1-4H3. The molecule has 324 valence electrons. The molecule has 1 nitrogen and oxygen atoms in total. The van der Waals surface area contributed by atoms with E-state index in [0.29, 0.717) is 4.75 Å². The van der Waals surface area contributed by atoms with Gasteiger partial charge < -0.3 is 4.52 Å². The van der Waals surface area contributed by atoms with Crippen molar-refractivity contribution in [1.29, 1.82) is 0 Å². The largest absolute Gasteiger partial charge is 0.331 e. The van der Waals surface area contributed by atoms with Gasteiger partial charge in [-0.2, -0.15) is 0 Å². The molecule has 1 heterocycles. The Morgan fingerprint density at radius 2 is 0.519 bits per heavy atom. The maximum Gasteiger partial charge on any atom is 0.149 e. The highest BCUT2D eigenvalue weighted by Crippen LogP contribution is 2.76. The van der Waals surface area contributed by atoms with E-state index >= 15 is 0 Å². The SMILES string of the molecule is CCCCCCCCCCCCC1(CCCCCCCCCCCC)OP(S)SC1(CCCCCCCCCCCC)CCCCCCCCCCCC. The van der Waals surface area contributed by atoms with Crippen molar-refractivity contribution >= 4 is 30.2 Å². The average molecular weight is 813 g/mol. The fourth-order valence-corrected chi connectivity index (χ4v) is 15.7. The molecule has 0 spiro atoms. The summed E-state index contributed by atoms with van der Waals surface area (Å²) in [5.41, 5.74) is 0.0595. The van der Waals surface area contributed by atoms with E-state index in [9.17, 15) is 0 Å². The molecule has 1 unspecified atom stereocenters. The second kappa shape index (κ2) is 39.5. The number of hydrogen-bond acceptors (Lipinski definition) is 3. The Balaban J connectivity index is 2.86. The summed E-state index contributed by atoms with van der Waals surface area (Å²) in [7, 11) is 0. The van der Waals surface area contributed by atoms with Crippen LogP contribution in [0.5, 0.6) is 0 Å². The summed E-state index contributed by atoms with van der Waals surface area (Å²) < 4.78 is 7.60. The maximum absolute atomic E-state index is 7.31. The van der Waals surface area contributed by atoms with Gasteiger partial charge in [-0.3, -0.25) is 0 Å². The molecule has 0 N–H and O–H groups in total. The zero-order valence-electron chi connectivity index (χ0n) is 37.8. The van der Waals surface area contributed by atoms with Gasteiger partial charge in [0.1, 0.15) is 6.55 Å². The highest BCUT2D eigenvalue weighted by Gasteiger charge is 2.58. The molecule has 1 aliphatic rings. The molecule has 1 aliphatic heterocycles. The first-order chi connectivity index (χ1) is 26.6. The van der Waals surface area contributed by atoms with Crippen LogP contribution in [0, 0.1) is 0 Å². The first kappa shape index (κ1) is 53.1. The van der Waals surface area contributed by atoms with Crippen molar-refractivity contribution < 1.29 is 4.52 Å². The highest BCUT2D eigenvalue weighted by atomic mass is 33.1. The van der Waals surface area contributed by atoms with Crippen LogP contribution in [0.15, 0.2) is 0 Å². The second-order valence-electron chi connectivity index (χ2n) is 18.1. The highest BCUT2D eigenvalue weighted by molar-refractivity contribution is 8.82. The van der Waals surface area contributed by atoms with Crippen molar-refractivity contribution in [3.63, 3.8) is 0 Å². The van der Waals surface area contributed by atoms with Gasteiger partial charge in [0.25, 0.3) is 0 Å². The van der Waals surface area contributed by atoms with Crippen molar-refractivity contribution in [3.05, 3.63) is 0 Å². The van der Waals surface area contributed by atoms with Crippen LogP contribution in [0.2, 0.25) is 0 Å². The van der Waals surface area contributed by atoms with Crippen molar-refractivity contribution in [2.75, 3.05) is 0 Å². The van der Waals surface area contributed by atoms with E-state index in [1.54, 1.807) is 0 Å². The van der Waals surface area contributed by atoms with E-state index < -0.39 is 6.55 Å². The summed E-state index contributed by atoms with van der Waals surface area (Å²) in [4.78, 5) is 0. The number of unbranched alkanes of at least 4 members (excludes halogenated alkanes) is 36. The van der Waals surface area contributed by atoms with Gasteiger partial charge in [-0.15, -0.1) is 12.2 Å². The third-order valence-electron chi connectivity index (χ3n) is 13.1. The molecular formula is C50H101OPS2. The summed E-state index contributed by atoms with van der Waals surface area (Å²) in [6.45, 7) is 8.64. The van der Waals surface area contributed by atoms with Gasteiger partial charge in [0.2, 0.25) is 0 Å². The lowest BCUT2D eigenvalue weighted by Gasteiger charge is -2.44. The Morgan fingerprint density at radius 3 is 0.759 bits per heavy atom. The Kier molecular flexibility index (Phi) is 38.9. The molecule has 0 saturated carbocycles. The minimum atomic E-state index is -0.681. The van der Waals surface area contributed by atoms with Gasteiger partial charge in [-0.25, -0.2) is 0 Å². The summed E-state index contributed by atoms with van der Waals surface area (Å²) in [5.74, 6) is 0. The van der Waals surface area contributed by atoms with Gasteiger partial charge in [0.05, 0.1) is 10.3 Å². The van der Waals surface area contributed by atoms with E-state index in [-0.39, 0.29) is 5.60 Å². The molecule has 0 amide bonds. The van der Waals surface area contributed by atoms with Crippen LogP contribution in [0.25, 0.3) is 0 Å². The first-order valence-electron chi connectivity index (χ1n) is 25.5. The molecule has 1 fully saturated rings. The smallest absolute Gasteiger partial charge is 0.149 e. The average Bonchev–Trinajstić information content (AvgIpc) is 3.44. The van der Waals surface area contributed by atoms with Crippen molar-refractivity contribution in [3.8, 4) is 0 Å². The Bertz CT molecular complexity index is 638. The number of rotatable bonds is 44. The van der Waals surface area contributed by atoms with Crippen molar-refractivity contribution in [1.82, 2.24) is 0 Å². The number of hydrogen-bond donors (Lipinski definition) is 1. The van der Waals surface area contributed by atoms with Crippen LogP contribution >= 0.6 is 30.2 Å². The number of thiol groups is 1. The Hall–Kier alpha value is 1.09. The van der Waals surface area contributed by atoms with E-state index in [0.717, 1.165) is 0 Å². The summed E-state index contributed by atoms with van der Waals surface area (Å²) >= 11 is 7.48. The van der Waals surface area contributed by atoms with Gasteiger partial charge >= 0.3 is 0 Å². The zero-order valence-corrected chi connectivity index (χ0v) is 40.4. The van der Waals surface area contributed by atoms with E-state index in [1.807, 2.05) is 0 Å². The third kappa shape index (κ3) is 27.7. The topological polar surface area (TPSA) is 9.23 Å². The monoisotopic (exact) mass is 813 g/mol. The lowest BCUT2D eigenvalue weighted by Crippen LogP contribution is -2.49. The van der Waals surface area contributed by atoms with E-state index in [2.05, 4.69) is 39.1 Å². The third-order valence-corrected chi connectivity index (χ3v) is 17.6. The summed E-state index contributed by atoms with van der Waals surface area (Å²) in [6.07, 6.45) is 62.4. The molecular weight excluding hydrogens is 712 g/mol. The molecule has 1 saturated heterocycles. The summed E-state index contributed by atoms with van der Waals surface area (Å²) in [6, 6.07) is 0. The molecule has 1 atom stereocenters. The summed E-state index contributed by atoms with van der Waals surface area (Å²) in [5, 5.41) is 0. The molecule has 0 aromatic heterocycles. The Morgan fingerprint density at radius 1 is 0.315 bits per heavy atom. The molecule has 0 aromatic carbocycles. The van der Waals surface area contributed by atoms with Gasteiger partial charge in [0, 0.05) is 0 Å². The molecule has 1 rings (SSSR count). The molecule has 0 bridgehead atoms. The van der Waals surface area contributed by atoms with Crippen LogP contribution in [0.1, 0.15) is 310 Å². The normalized spacial score (nSPS) is 16.5. The second-order valence-corrected chi connectivity index (χ2v) is 23.2. The maximum atomic E-state index is 7.31. The quantitative estimate of drug-likeness (QED) is 0.0373. The lowest BCUT2D eigenvalue weighted by molar-refractivity contribution is 0.0196. The van der Waals surface area contributed by atoms with Crippen molar-refractivity contribution in [2.24, 2.45) is 0 Å². The molecule has 0 aromatic rings. The Labute approximate surface area is 353 Å². The molecule has 54 heavy (non-hydrogen) atoms. The fourth-order valence-electron chi connectivity index (χ4n) is 9.42. The molecule has 0 radical (unpaired) electrons. The van der Waals surface area contributed by atoms with Crippen LogP contribution < -0.4 is 0 Å². The van der Waals surface area contributed by atoms with E-state index in [1.165, 1.54) is 283 Å². The van der Waals surface area contributed by atoms with E-state index in [4.69, 9.17) is 16.8 Å². The van der Waals surface area contributed by atoms with Crippen LogP contribution in [0.4, 0.5) is 0 Å². The van der Waals surface area contributed by atoms with Gasteiger partial charge in [-0.05, 0) is 25.7 Å². The van der Waals surface area contributed by atoms with Crippen LogP contribution in [-0.4, -0.2) is 10.3 Å².